The first-order valence-corrected chi connectivity index (χ1v) is 7.72. The fraction of sp³-hybridized carbons (Fsp3) is 0.0556. The van der Waals surface area contributed by atoms with E-state index in [1.54, 1.807) is 18.3 Å². The van der Waals surface area contributed by atoms with Crippen molar-refractivity contribution < 1.29 is 9.34 Å². The first-order chi connectivity index (χ1) is 12.6. The molecular formula is C18H15N5O3. The lowest BCUT2D eigenvalue weighted by atomic mass is 10.2. The molecule has 0 bridgehead atoms. The molecule has 26 heavy (non-hydrogen) atoms. The molecule has 3 aromatic rings. The highest BCUT2D eigenvalue weighted by Gasteiger charge is 2.10. The second-order valence-corrected chi connectivity index (χ2v) is 5.26. The van der Waals surface area contributed by atoms with E-state index in [1.807, 2.05) is 37.3 Å². The molecule has 8 nitrogen and oxygen atoms in total. The van der Waals surface area contributed by atoms with Gasteiger partial charge in [0.25, 0.3) is 0 Å². The van der Waals surface area contributed by atoms with Crippen LogP contribution in [-0.2, 0) is 0 Å². The first kappa shape index (κ1) is 17.0. The van der Waals surface area contributed by atoms with Crippen LogP contribution in [0.2, 0.25) is 0 Å². The Labute approximate surface area is 149 Å². The average molecular weight is 349 g/mol. The number of aromatic nitrogens is 1. The van der Waals surface area contributed by atoms with Gasteiger partial charge in [-0.2, -0.15) is 5.10 Å². The summed E-state index contributed by atoms with van der Waals surface area (Å²) in [5.41, 5.74) is 5.23. The van der Waals surface area contributed by atoms with Crippen LogP contribution in [0, 0.1) is 17.0 Å². The summed E-state index contributed by atoms with van der Waals surface area (Å²) in [4.78, 5) is 18.9. The summed E-state index contributed by atoms with van der Waals surface area (Å²) in [5.74, 6) is 0.350. The number of benzene rings is 1. The molecule has 3 rings (SSSR count). The third-order valence-corrected chi connectivity index (χ3v) is 3.41. The van der Waals surface area contributed by atoms with Gasteiger partial charge in [0.15, 0.2) is 11.6 Å². The molecule has 0 saturated carbocycles. The van der Waals surface area contributed by atoms with Gasteiger partial charge in [0.2, 0.25) is 0 Å². The van der Waals surface area contributed by atoms with E-state index in [0.29, 0.717) is 11.5 Å². The molecule has 8 heteroatoms. The van der Waals surface area contributed by atoms with Gasteiger partial charge in [0.1, 0.15) is 10.6 Å². The molecule has 0 fully saturated rings. The van der Waals surface area contributed by atoms with Crippen molar-refractivity contribution in [3.8, 4) is 0 Å². The van der Waals surface area contributed by atoms with E-state index in [4.69, 9.17) is 4.42 Å². The van der Waals surface area contributed by atoms with Gasteiger partial charge in [-0.05, 0) is 36.8 Å². The van der Waals surface area contributed by atoms with Crippen LogP contribution >= 0.6 is 0 Å². The van der Waals surface area contributed by atoms with E-state index in [9.17, 15) is 10.1 Å². The maximum absolute atomic E-state index is 10.6. The van der Waals surface area contributed by atoms with Crippen molar-refractivity contribution >= 4 is 23.6 Å². The SMILES string of the molecule is Cc1ccccc1N=C(N/N=C/c1ccc([N+](=O)[O-])o1)c1ccccn1. The van der Waals surface area contributed by atoms with E-state index in [1.165, 1.54) is 18.3 Å². The zero-order valence-electron chi connectivity index (χ0n) is 13.9. The number of hydrogen-bond acceptors (Lipinski definition) is 6. The van der Waals surface area contributed by atoms with Crippen molar-refractivity contribution in [3.05, 3.63) is 87.9 Å². The average Bonchev–Trinajstić information content (AvgIpc) is 3.12. The van der Waals surface area contributed by atoms with Crippen molar-refractivity contribution in [1.82, 2.24) is 10.4 Å². The third-order valence-electron chi connectivity index (χ3n) is 3.41. The molecule has 0 aliphatic heterocycles. The zero-order valence-corrected chi connectivity index (χ0v) is 13.9. The molecule has 1 aromatic carbocycles. The van der Waals surface area contributed by atoms with Gasteiger partial charge < -0.3 is 4.42 Å². The van der Waals surface area contributed by atoms with E-state index in [0.717, 1.165) is 11.3 Å². The number of hydrazone groups is 1. The number of amidine groups is 1. The molecule has 0 radical (unpaired) electrons. The molecule has 0 atom stereocenters. The second-order valence-electron chi connectivity index (χ2n) is 5.26. The fourth-order valence-corrected chi connectivity index (χ4v) is 2.12. The molecule has 0 amide bonds. The summed E-state index contributed by atoms with van der Waals surface area (Å²) < 4.78 is 5.03. The highest BCUT2D eigenvalue weighted by molar-refractivity contribution is 5.99. The Kier molecular flexibility index (Phi) is 5.14. The normalized spacial score (nSPS) is 11.7. The summed E-state index contributed by atoms with van der Waals surface area (Å²) in [6.45, 7) is 1.96. The Bertz CT molecular complexity index is 964. The monoisotopic (exact) mass is 349 g/mol. The summed E-state index contributed by atoms with van der Waals surface area (Å²) in [7, 11) is 0. The van der Waals surface area contributed by atoms with Crippen LogP contribution in [0.25, 0.3) is 0 Å². The van der Waals surface area contributed by atoms with Crippen LogP contribution in [0.1, 0.15) is 17.0 Å². The lowest BCUT2D eigenvalue weighted by Crippen LogP contribution is -2.20. The standard InChI is InChI=1S/C18H15N5O3/c1-13-6-2-3-7-15(13)21-18(16-8-4-5-11-19-16)22-20-12-14-9-10-17(26-14)23(24)25/h2-12H,1H3,(H,21,22)/b20-12+. The van der Waals surface area contributed by atoms with E-state index in [2.05, 4.69) is 20.5 Å². The van der Waals surface area contributed by atoms with Crippen LogP contribution < -0.4 is 5.43 Å². The molecular weight excluding hydrogens is 334 g/mol. The molecule has 130 valence electrons. The van der Waals surface area contributed by atoms with Gasteiger partial charge in [-0.1, -0.05) is 24.3 Å². The Morgan fingerprint density at radius 2 is 2.00 bits per heavy atom. The molecule has 0 spiro atoms. The predicted molar refractivity (Wildman–Crippen MR) is 97.7 cm³/mol. The summed E-state index contributed by atoms with van der Waals surface area (Å²) in [6, 6.07) is 15.9. The topological polar surface area (TPSA) is 106 Å². The number of para-hydroxylation sites is 1. The number of nitro groups is 1. The molecule has 2 aromatic heterocycles. The van der Waals surface area contributed by atoms with Crippen molar-refractivity contribution in [2.75, 3.05) is 0 Å². The zero-order chi connectivity index (χ0) is 18.4. The van der Waals surface area contributed by atoms with Gasteiger partial charge in [0, 0.05) is 6.20 Å². The number of aliphatic imine (C=N–C) groups is 1. The number of nitrogens with one attached hydrogen (secondary N) is 1. The van der Waals surface area contributed by atoms with Gasteiger partial charge in [-0.3, -0.25) is 20.5 Å². The quantitative estimate of drug-likeness (QED) is 0.328. The van der Waals surface area contributed by atoms with Gasteiger partial charge >= 0.3 is 5.88 Å². The third kappa shape index (κ3) is 4.18. The smallest absolute Gasteiger partial charge is 0.400 e. The van der Waals surface area contributed by atoms with E-state index in [-0.39, 0.29) is 11.6 Å². The maximum atomic E-state index is 10.6. The molecule has 0 saturated heterocycles. The number of aryl methyl sites for hydroxylation is 1. The lowest BCUT2D eigenvalue weighted by molar-refractivity contribution is -0.402. The number of hydrogen-bond donors (Lipinski definition) is 1. The van der Waals surface area contributed by atoms with Crippen molar-refractivity contribution in [1.29, 1.82) is 0 Å². The number of pyridine rings is 1. The number of furan rings is 1. The Morgan fingerprint density at radius 3 is 2.69 bits per heavy atom. The largest absolute Gasteiger partial charge is 0.433 e. The van der Waals surface area contributed by atoms with Crippen LogP contribution in [-0.4, -0.2) is 22.0 Å². The van der Waals surface area contributed by atoms with Crippen molar-refractivity contribution in [3.63, 3.8) is 0 Å². The van der Waals surface area contributed by atoms with Crippen molar-refractivity contribution in [2.45, 2.75) is 6.92 Å². The van der Waals surface area contributed by atoms with Gasteiger partial charge in [-0.25, -0.2) is 4.99 Å². The predicted octanol–water partition coefficient (Wildman–Crippen LogP) is 3.59. The minimum absolute atomic E-state index is 0.250. The van der Waals surface area contributed by atoms with Crippen LogP contribution in [0.5, 0.6) is 0 Å². The van der Waals surface area contributed by atoms with Crippen LogP contribution in [0.3, 0.4) is 0 Å². The lowest BCUT2D eigenvalue weighted by Gasteiger charge is -2.06. The highest BCUT2D eigenvalue weighted by atomic mass is 16.6. The number of nitrogens with zero attached hydrogens (tertiary/aromatic N) is 4. The fourth-order valence-electron chi connectivity index (χ4n) is 2.12. The summed E-state index contributed by atoms with van der Waals surface area (Å²) in [6.07, 6.45) is 2.99. The summed E-state index contributed by atoms with van der Waals surface area (Å²) in [5, 5.41) is 14.7. The molecule has 1 N–H and O–H groups in total. The van der Waals surface area contributed by atoms with Crippen molar-refractivity contribution in [2.24, 2.45) is 10.1 Å². The molecule has 0 aliphatic carbocycles. The second kappa shape index (κ2) is 7.84. The maximum Gasteiger partial charge on any atom is 0.433 e. The first-order valence-electron chi connectivity index (χ1n) is 7.72. The number of rotatable bonds is 5. The minimum atomic E-state index is -0.607. The summed E-state index contributed by atoms with van der Waals surface area (Å²) >= 11 is 0. The highest BCUT2D eigenvalue weighted by Crippen LogP contribution is 2.18. The van der Waals surface area contributed by atoms with Gasteiger partial charge in [0.05, 0.1) is 18.0 Å². The van der Waals surface area contributed by atoms with E-state index >= 15 is 0 Å². The molecule has 0 aliphatic rings. The van der Waals surface area contributed by atoms with Crippen LogP contribution in [0.15, 0.2) is 75.3 Å². The Balaban J connectivity index is 1.85. The Hall–Kier alpha value is -3.81. The van der Waals surface area contributed by atoms with Gasteiger partial charge in [-0.15, -0.1) is 0 Å². The Morgan fingerprint density at radius 1 is 1.19 bits per heavy atom. The molecule has 2 heterocycles. The molecule has 0 unspecified atom stereocenters. The minimum Gasteiger partial charge on any atom is -0.400 e. The van der Waals surface area contributed by atoms with E-state index < -0.39 is 4.92 Å². The van der Waals surface area contributed by atoms with Crippen LogP contribution in [0.4, 0.5) is 11.6 Å².